The first-order chi connectivity index (χ1) is 13.7. The predicted molar refractivity (Wildman–Crippen MR) is 105 cm³/mol. The van der Waals surface area contributed by atoms with Gasteiger partial charge >= 0.3 is 0 Å². The first-order valence-electron chi connectivity index (χ1n) is 8.83. The normalized spacial score (nSPS) is 10.9. The van der Waals surface area contributed by atoms with Gasteiger partial charge in [0.1, 0.15) is 5.75 Å². The predicted octanol–water partition coefficient (Wildman–Crippen LogP) is 3.54. The number of nitrogens with one attached hydrogen (secondary N) is 1. The molecule has 2 aromatic carbocycles. The number of hydrogen-bond donors (Lipinski definition) is 1. The number of benzene rings is 2. The Bertz CT molecular complexity index is 1070. The van der Waals surface area contributed by atoms with E-state index in [1.807, 2.05) is 30.3 Å². The standard InChI is InChI=1S/C20H18N4O3S/c1-13-22-18(24-27-13)12-26-16-8-4-2-6-14(16)20(25)21-11-10-19-23-15-7-3-5-9-17(15)28-19/h2-9H,10-12H2,1H3,(H,21,25). The molecule has 8 heteroatoms. The average Bonchev–Trinajstić information content (AvgIpc) is 3.32. The molecule has 0 aliphatic heterocycles. The van der Waals surface area contributed by atoms with Gasteiger partial charge in [0.15, 0.2) is 6.61 Å². The van der Waals surface area contributed by atoms with Gasteiger partial charge in [-0.15, -0.1) is 11.3 Å². The van der Waals surface area contributed by atoms with Crippen LogP contribution in [-0.4, -0.2) is 27.6 Å². The molecule has 1 amide bonds. The van der Waals surface area contributed by atoms with E-state index in [2.05, 4.69) is 20.4 Å². The van der Waals surface area contributed by atoms with Gasteiger partial charge in [-0.05, 0) is 24.3 Å². The van der Waals surface area contributed by atoms with Crippen LogP contribution < -0.4 is 10.1 Å². The number of amides is 1. The highest BCUT2D eigenvalue weighted by atomic mass is 32.1. The van der Waals surface area contributed by atoms with Gasteiger partial charge < -0.3 is 14.6 Å². The first kappa shape index (κ1) is 18.1. The average molecular weight is 394 g/mol. The maximum atomic E-state index is 12.6. The smallest absolute Gasteiger partial charge is 0.255 e. The third-order valence-corrected chi connectivity index (χ3v) is 5.12. The molecule has 142 valence electrons. The van der Waals surface area contributed by atoms with Gasteiger partial charge in [-0.2, -0.15) is 4.98 Å². The van der Waals surface area contributed by atoms with E-state index in [9.17, 15) is 4.79 Å². The highest BCUT2D eigenvalue weighted by Gasteiger charge is 2.13. The largest absolute Gasteiger partial charge is 0.485 e. The monoisotopic (exact) mass is 394 g/mol. The van der Waals surface area contributed by atoms with Crippen molar-refractivity contribution >= 4 is 27.5 Å². The van der Waals surface area contributed by atoms with Crippen molar-refractivity contribution < 1.29 is 14.1 Å². The lowest BCUT2D eigenvalue weighted by atomic mass is 10.2. The number of ether oxygens (including phenoxy) is 1. The van der Waals surface area contributed by atoms with Crippen molar-refractivity contribution in [2.45, 2.75) is 20.0 Å². The third-order valence-electron chi connectivity index (χ3n) is 4.02. The highest BCUT2D eigenvalue weighted by molar-refractivity contribution is 7.18. The Kier molecular flexibility index (Phi) is 5.29. The van der Waals surface area contributed by atoms with Gasteiger partial charge in [-0.3, -0.25) is 4.79 Å². The van der Waals surface area contributed by atoms with Crippen LogP contribution in [0.1, 0.15) is 27.1 Å². The molecule has 1 N–H and O–H groups in total. The lowest BCUT2D eigenvalue weighted by molar-refractivity contribution is 0.0949. The lowest BCUT2D eigenvalue weighted by Gasteiger charge is -2.10. The Morgan fingerprint density at radius 2 is 1.96 bits per heavy atom. The minimum absolute atomic E-state index is 0.132. The molecule has 0 fully saturated rings. The minimum Gasteiger partial charge on any atom is -0.485 e. The fourth-order valence-corrected chi connectivity index (χ4v) is 3.69. The summed E-state index contributed by atoms with van der Waals surface area (Å²) in [7, 11) is 0. The lowest BCUT2D eigenvalue weighted by Crippen LogP contribution is -2.26. The van der Waals surface area contributed by atoms with Crippen molar-refractivity contribution in [2.75, 3.05) is 6.54 Å². The maximum absolute atomic E-state index is 12.6. The molecule has 0 aliphatic rings. The van der Waals surface area contributed by atoms with Crippen LogP contribution in [0.3, 0.4) is 0 Å². The van der Waals surface area contributed by atoms with Crippen molar-refractivity contribution in [2.24, 2.45) is 0 Å². The molecule has 0 atom stereocenters. The van der Waals surface area contributed by atoms with Crippen molar-refractivity contribution in [3.63, 3.8) is 0 Å². The van der Waals surface area contributed by atoms with Crippen molar-refractivity contribution in [3.05, 3.63) is 70.8 Å². The van der Waals surface area contributed by atoms with Crippen molar-refractivity contribution in [1.82, 2.24) is 20.4 Å². The fourth-order valence-electron chi connectivity index (χ4n) is 2.73. The van der Waals surface area contributed by atoms with Crippen LogP contribution in [-0.2, 0) is 13.0 Å². The summed E-state index contributed by atoms with van der Waals surface area (Å²) < 4.78 is 11.8. The van der Waals surface area contributed by atoms with Crippen LogP contribution in [0.25, 0.3) is 10.2 Å². The molecule has 0 saturated heterocycles. The summed E-state index contributed by atoms with van der Waals surface area (Å²) >= 11 is 1.65. The fraction of sp³-hybridized carbons (Fsp3) is 0.200. The molecular formula is C20H18N4O3S. The summed E-state index contributed by atoms with van der Waals surface area (Å²) in [5, 5.41) is 7.72. The summed E-state index contributed by atoms with van der Waals surface area (Å²) in [6, 6.07) is 15.1. The second-order valence-electron chi connectivity index (χ2n) is 6.10. The molecule has 4 aromatic rings. The molecule has 2 aromatic heterocycles. The molecule has 0 bridgehead atoms. The highest BCUT2D eigenvalue weighted by Crippen LogP contribution is 2.22. The van der Waals surface area contributed by atoms with E-state index in [1.165, 1.54) is 0 Å². The zero-order chi connectivity index (χ0) is 19.3. The van der Waals surface area contributed by atoms with Crippen molar-refractivity contribution in [1.29, 1.82) is 0 Å². The van der Waals surface area contributed by atoms with E-state index >= 15 is 0 Å². The molecule has 0 spiro atoms. The third kappa shape index (κ3) is 4.17. The van der Waals surface area contributed by atoms with E-state index in [0.717, 1.165) is 15.2 Å². The molecule has 28 heavy (non-hydrogen) atoms. The molecule has 0 aliphatic carbocycles. The molecule has 2 heterocycles. The number of thiazole rings is 1. The maximum Gasteiger partial charge on any atom is 0.255 e. The van der Waals surface area contributed by atoms with E-state index < -0.39 is 0 Å². The van der Waals surface area contributed by atoms with Crippen LogP contribution in [0, 0.1) is 6.92 Å². The van der Waals surface area contributed by atoms with Crippen LogP contribution in [0.2, 0.25) is 0 Å². The summed E-state index contributed by atoms with van der Waals surface area (Å²) in [5.74, 6) is 1.19. The van der Waals surface area contributed by atoms with E-state index in [0.29, 0.717) is 36.0 Å². The second-order valence-corrected chi connectivity index (χ2v) is 7.21. The van der Waals surface area contributed by atoms with Gasteiger partial charge in [0.05, 0.1) is 20.8 Å². The summed E-state index contributed by atoms with van der Waals surface area (Å²) in [6.45, 7) is 2.34. The van der Waals surface area contributed by atoms with E-state index in [-0.39, 0.29) is 12.5 Å². The number of carbonyl (C=O) groups excluding carboxylic acids is 1. The van der Waals surface area contributed by atoms with Crippen LogP contribution in [0.15, 0.2) is 53.1 Å². The number of hydrogen-bond acceptors (Lipinski definition) is 7. The number of aryl methyl sites for hydroxylation is 1. The number of aromatic nitrogens is 3. The van der Waals surface area contributed by atoms with Gasteiger partial charge in [0, 0.05) is 19.9 Å². The number of carbonyl (C=O) groups is 1. The SMILES string of the molecule is Cc1nc(COc2ccccc2C(=O)NCCc2nc3ccccc3s2)no1. The second kappa shape index (κ2) is 8.18. The first-order valence-corrected chi connectivity index (χ1v) is 9.64. The molecular weight excluding hydrogens is 376 g/mol. The Labute approximate surface area is 165 Å². The Morgan fingerprint density at radius 3 is 2.79 bits per heavy atom. The van der Waals surface area contributed by atoms with E-state index in [1.54, 1.807) is 36.5 Å². The van der Waals surface area contributed by atoms with Gasteiger partial charge in [-0.25, -0.2) is 4.98 Å². The Morgan fingerprint density at radius 1 is 1.14 bits per heavy atom. The Hall–Kier alpha value is -3.26. The zero-order valence-electron chi connectivity index (χ0n) is 15.2. The molecule has 0 unspecified atom stereocenters. The molecule has 4 rings (SSSR count). The topological polar surface area (TPSA) is 90.1 Å². The number of nitrogens with zero attached hydrogens (tertiary/aromatic N) is 3. The number of fused-ring (bicyclic) bond motifs is 1. The van der Waals surface area contributed by atoms with Gasteiger partial charge in [-0.1, -0.05) is 29.4 Å². The number of rotatable bonds is 7. The Balaban J connectivity index is 1.36. The quantitative estimate of drug-likeness (QED) is 0.516. The molecule has 7 nitrogen and oxygen atoms in total. The van der Waals surface area contributed by atoms with Crippen LogP contribution >= 0.6 is 11.3 Å². The number of para-hydroxylation sites is 2. The summed E-state index contributed by atoms with van der Waals surface area (Å²) in [6.07, 6.45) is 0.677. The van der Waals surface area contributed by atoms with Crippen LogP contribution in [0.4, 0.5) is 0 Å². The molecule has 0 radical (unpaired) electrons. The molecule has 0 saturated carbocycles. The van der Waals surface area contributed by atoms with Gasteiger partial charge in [0.2, 0.25) is 11.7 Å². The van der Waals surface area contributed by atoms with E-state index in [4.69, 9.17) is 9.26 Å². The zero-order valence-corrected chi connectivity index (χ0v) is 16.0. The summed E-state index contributed by atoms with van der Waals surface area (Å²) in [4.78, 5) is 21.3. The van der Waals surface area contributed by atoms with Crippen LogP contribution in [0.5, 0.6) is 5.75 Å². The van der Waals surface area contributed by atoms with Crippen molar-refractivity contribution in [3.8, 4) is 5.75 Å². The van der Waals surface area contributed by atoms with Gasteiger partial charge in [0.25, 0.3) is 5.91 Å². The minimum atomic E-state index is -0.194. The summed E-state index contributed by atoms with van der Waals surface area (Å²) in [5.41, 5.74) is 1.45.